The molecule has 0 aliphatic carbocycles. The maximum absolute atomic E-state index is 13.1. The lowest BCUT2D eigenvalue weighted by Crippen LogP contribution is -2.60. The Hall–Kier alpha value is -2.90. The van der Waals surface area contributed by atoms with Crippen molar-refractivity contribution in [2.45, 2.75) is 365 Å². The highest BCUT2D eigenvalue weighted by Crippen LogP contribution is 2.23. The van der Waals surface area contributed by atoms with Crippen LogP contribution >= 0.6 is 0 Å². The number of allylic oxidation sites excluding steroid dienone is 11. The molecule has 1 amide bonds. The molecule has 494 valence electrons. The van der Waals surface area contributed by atoms with Gasteiger partial charge in [-0.05, 0) is 103 Å². The molecule has 1 fully saturated rings. The van der Waals surface area contributed by atoms with Crippen LogP contribution in [-0.2, 0) is 23.8 Å². The summed E-state index contributed by atoms with van der Waals surface area (Å²) < 4.78 is 16.7. The summed E-state index contributed by atoms with van der Waals surface area (Å²) in [5.74, 6) is -0.202. The van der Waals surface area contributed by atoms with Gasteiger partial charge >= 0.3 is 5.97 Å². The number of esters is 1. The van der Waals surface area contributed by atoms with Gasteiger partial charge < -0.3 is 45.1 Å². The number of amides is 1. The highest BCUT2D eigenvalue weighted by atomic mass is 16.7. The summed E-state index contributed by atoms with van der Waals surface area (Å²) in [4.78, 5) is 25.1. The lowest BCUT2D eigenvalue weighted by molar-refractivity contribution is -0.302. The van der Waals surface area contributed by atoms with Crippen LogP contribution in [0.15, 0.2) is 72.9 Å². The van der Waals surface area contributed by atoms with Gasteiger partial charge in [-0.1, -0.05) is 279 Å². The zero-order chi connectivity index (χ0) is 61.6. The van der Waals surface area contributed by atoms with E-state index in [-0.39, 0.29) is 18.5 Å². The maximum Gasteiger partial charge on any atom is 0.305 e. The van der Waals surface area contributed by atoms with Crippen LogP contribution in [0.2, 0.25) is 0 Å². The molecule has 7 unspecified atom stereocenters. The van der Waals surface area contributed by atoms with Crippen molar-refractivity contribution in [3.63, 3.8) is 0 Å². The predicted molar refractivity (Wildman–Crippen MR) is 356 cm³/mol. The van der Waals surface area contributed by atoms with Crippen molar-refractivity contribution in [1.29, 1.82) is 0 Å². The van der Waals surface area contributed by atoms with Crippen LogP contribution in [0.25, 0.3) is 0 Å². The monoisotopic (exact) mass is 1200 g/mol. The minimum atomic E-state index is -1.58. The van der Waals surface area contributed by atoms with Crippen molar-refractivity contribution < 1.29 is 49.3 Å². The Balaban J connectivity index is 1.98. The Kier molecular flexibility index (Phi) is 59.1. The van der Waals surface area contributed by atoms with Gasteiger partial charge in [-0.3, -0.25) is 9.59 Å². The van der Waals surface area contributed by atoms with E-state index in [0.29, 0.717) is 19.4 Å². The van der Waals surface area contributed by atoms with Crippen LogP contribution in [0.3, 0.4) is 0 Å². The van der Waals surface area contributed by atoms with Gasteiger partial charge in [-0.25, -0.2) is 0 Å². The first-order valence-electron chi connectivity index (χ1n) is 35.7. The molecular formula is C74H133NO10. The number of nitrogens with one attached hydrogen (secondary N) is 1. The Morgan fingerprint density at radius 1 is 0.435 bits per heavy atom. The molecule has 0 radical (unpaired) electrons. The van der Waals surface area contributed by atoms with Crippen molar-refractivity contribution >= 4 is 11.9 Å². The van der Waals surface area contributed by atoms with E-state index < -0.39 is 49.5 Å². The van der Waals surface area contributed by atoms with E-state index in [0.717, 1.165) is 70.6 Å². The van der Waals surface area contributed by atoms with E-state index in [4.69, 9.17) is 14.2 Å². The third kappa shape index (κ3) is 51.7. The summed E-state index contributed by atoms with van der Waals surface area (Å²) in [6.07, 6.45) is 74.6. The molecule has 0 spiro atoms. The number of hydrogen-bond acceptors (Lipinski definition) is 10. The fraction of sp³-hybridized carbons (Fsp3) is 0.811. The second-order valence-electron chi connectivity index (χ2n) is 24.6. The molecule has 0 aromatic heterocycles. The van der Waals surface area contributed by atoms with Crippen LogP contribution in [0, 0.1) is 0 Å². The average molecular weight is 1200 g/mol. The molecule has 1 saturated heterocycles. The summed E-state index contributed by atoms with van der Waals surface area (Å²) in [6, 6.07) is -0.828. The third-order valence-corrected chi connectivity index (χ3v) is 16.5. The van der Waals surface area contributed by atoms with Crippen molar-refractivity contribution in [2.24, 2.45) is 0 Å². The molecule has 0 bridgehead atoms. The van der Waals surface area contributed by atoms with Gasteiger partial charge in [-0.15, -0.1) is 0 Å². The van der Waals surface area contributed by atoms with Gasteiger partial charge in [0.2, 0.25) is 5.91 Å². The molecule has 1 aliphatic heterocycles. The zero-order valence-corrected chi connectivity index (χ0v) is 54.8. The molecular weight excluding hydrogens is 1060 g/mol. The summed E-state index contributed by atoms with van der Waals surface area (Å²) in [5.41, 5.74) is 0. The molecule has 11 nitrogen and oxygen atoms in total. The van der Waals surface area contributed by atoms with Crippen LogP contribution in [0.1, 0.15) is 322 Å². The van der Waals surface area contributed by atoms with E-state index >= 15 is 0 Å². The zero-order valence-electron chi connectivity index (χ0n) is 54.8. The van der Waals surface area contributed by atoms with Crippen molar-refractivity contribution in [3.8, 4) is 0 Å². The topological polar surface area (TPSA) is 175 Å². The summed E-state index contributed by atoms with van der Waals surface area (Å²) in [7, 11) is 0. The van der Waals surface area contributed by atoms with Crippen molar-refractivity contribution in [1.82, 2.24) is 5.32 Å². The molecule has 1 heterocycles. The van der Waals surface area contributed by atoms with Gasteiger partial charge in [0, 0.05) is 12.8 Å². The first kappa shape index (κ1) is 80.1. The maximum atomic E-state index is 13.1. The van der Waals surface area contributed by atoms with Crippen LogP contribution in [-0.4, -0.2) is 100 Å². The highest BCUT2D eigenvalue weighted by Gasteiger charge is 2.44. The number of rotatable bonds is 62. The molecule has 0 aromatic carbocycles. The number of aliphatic hydroxyl groups excluding tert-OH is 5. The van der Waals surface area contributed by atoms with Gasteiger partial charge in [0.1, 0.15) is 24.4 Å². The third-order valence-electron chi connectivity index (χ3n) is 16.5. The molecule has 0 saturated carbocycles. The number of aliphatic hydroxyl groups is 5. The summed E-state index contributed by atoms with van der Waals surface area (Å²) >= 11 is 0. The first-order chi connectivity index (χ1) is 41.7. The summed E-state index contributed by atoms with van der Waals surface area (Å²) in [6.45, 7) is 4.26. The standard InChI is InChI=1S/C74H133NO10/c1-3-5-7-9-11-13-15-36-40-44-48-52-56-60-67(77)66(65-84-74-73(82)72(81)71(80)68(64-76)85-74)75-69(78)61-57-53-49-45-41-38-34-32-30-28-26-24-22-20-18-17-19-21-23-25-27-29-31-33-35-39-43-47-51-55-59-63-83-70(79)62-58-54-50-46-42-37-16-14-12-10-8-6-4-2/h8,10,14,16,19,21,25,27,40,44,56,60,66-68,71-74,76-77,80-82H,3-7,9,11-13,15,17-18,20,22-24,26,28-39,41-43,45-55,57-59,61-65H2,1-2H3,(H,75,78)/b10-8-,16-14-,21-19-,27-25-,44-40+,60-56+. The minimum absolute atomic E-state index is 0.0109. The molecule has 1 rings (SSSR count). The number of unbranched alkanes of at least 4 members (excludes halogenated alkanes) is 38. The quantitative estimate of drug-likeness (QED) is 0.0195. The average Bonchev–Trinajstić information content (AvgIpc) is 3.60. The van der Waals surface area contributed by atoms with Gasteiger partial charge in [-0.2, -0.15) is 0 Å². The largest absolute Gasteiger partial charge is 0.466 e. The van der Waals surface area contributed by atoms with E-state index in [1.54, 1.807) is 6.08 Å². The number of carbonyl (C=O) groups excluding carboxylic acids is 2. The Bertz CT molecular complexity index is 1640. The molecule has 7 atom stereocenters. The highest BCUT2D eigenvalue weighted by molar-refractivity contribution is 5.76. The molecule has 11 heteroatoms. The van der Waals surface area contributed by atoms with Gasteiger partial charge in [0.25, 0.3) is 0 Å². The lowest BCUT2D eigenvalue weighted by Gasteiger charge is -2.40. The molecule has 85 heavy (non-hydrogen) atoms. The smallest absolute Gasteiger partial charge is 0.305 e. The lowest BCUT2D eigenvalue weighted by atomic mass is 9.99. The Morgan fingerprint density at radius 3 is 1.28 bits per heavy atom. The number of hydrogen-bond donors (Lipinski definition) is 6. The van der Waals surface area contributed by atoms with Crippen molar-refractivity contribution in [2.75, 3.05) is 19.8 Å². The van der Waals surface area contributed by atoms with Crippen LogP contribution in [0.5, 0.6) is 0 Å². The normalized spacial score (nSPS) is 18.4. The van der Waals surface area contributed by atoms with E-state index in [9.17, 15) is 35.1 Å². The second kappa shape index (κ2) is 62.7. The number of ether oxygens (including phenoxy) is 3. The van der Waals surface area contributed by atoms with Crippen molar-refractivity contribution in [3.05, 3.63) is 72.9 Å². The fourth-order valence-corrected chi connectivity index (χ4v) is 10.9. The Morgan fingerprint density at radius 2 is 0.824 bits per heavy atom. The molecule has 6 N–H and O–H groups in total. The van der Waals surface area contributed by atoms with E-state index in [2.05, 4.69) is 79.9 Å². The van der Waals surface area contributed by atoms with E-state index in [1.807, 2.05) is 6.08 Å². The van der Waals surface area contributed by atoms with Crippen LogP contribution < -0.4 is 5.32 Å². The Labute approximate surface area is 521 Å². The first-order valence-corrected chi connectivity index (χ1v) is 35.7. The van der Waals surface area contributed by atoms with Crippen LogP contribution in [0.4, 0.5) is 0 Å². The second-order valence-corrected chi connectivity index (χ2v) is 24.6. The van der Waals surface area contributed by atoms with E-state index in [1.165, 1.54) is 225 Å². The molecule has 0 aromatic rings. The minimum Gasteiger partial charge on any atom is -0.466 e. The summed E-state index contributed by atoms with van der Waals surface area (Å²) in [5, 5.41) is 54.5. The van der Waals surface area contributed by atoms with Gasteiger partial charge in [0.05, 0.1) is 32.0 Å². The SMILES string of the molecule is CCC/C=C\C/C=C\CCCCCCCC(=O)OCCCCCCCCCCC/C=C\C/C=C\CCCCCCCCCCCCCCCCCC(=O)NC(COC1OC(CO)C(O)C(O)C1O)C(O)/C=C/CC/C=C/CCCCCCCCC. The fourth-order valence-electron chi connectivity index (χ4n) is 10.9. The number of carbonyl (C=O) groups is 2. The predicted octanol–water partition coefficient (Wildman–Crippen LogP) is 18.3. The molecule has 1 aliphatic rings. The van der Waals surface area contributed by atoms with Gasteiger partial charge in [0.15, 0.2) is 6.29 Å².